The Labute approximate surface area is 93.2 Å². The summed E-state index contributed by atoms with van der Waals surface area (Å²) in [7, 11) is 0. The van der Waals surface area contributed by atoms with Crippen LogP contribution in [-0.2, 0) is 6.18 Å². The van der Waals surface area contributed by atoms with E-state index in [1.807, 2.05) is 0 Å². The van der Waals surface area contributed by atoms with Gasteiger partial charge in [0.15, 0.2) is 11.6 Å². The van der Waals surface area contributed by atoms with Gasteiger partial charge in [0.25, 0.3) is 0 Å². The zero-order chi connectivity index (χ0) is 12.5. The predicted octanol–water partition coefficient (Wildman–Crippen LogP) is 3.17. The van der Waals surface area contributed by atoms with Crippen molar-refractivity contribution in [2.24, 2.45) is 5.73 Å². The van der Waals surface area contributed by atoms with Crippen molar-refractivity contribution in [3.05, 3.63) is 40.3 Å². The summed E-state index contributed by atoms with van der Waals surface area (Å²) in [5.41, 5.74) is 2.83. The van der Waals surface area contributed by atoms with Crippen molar-refractivity contribution in [3.63, 3.8) is 0 Å². The minimum absolute atomic E-state index is 0.0740. The first-order chi connectivity index (χ1) is 7.27. The fraction of sp³-hybridized carbons (Fsp3) is 0.111. The van der Waals surface area contributed by atoms with Crippen molar-refractivity contribution in [2.75, 3.05) is 0 Å². The van der Waals surface area contributed by atoms with Gasteiger partial charge in [-0.2, -0.15) is 13.2 Å². The summed E-state index contributed by atoms with van der Waals surface area (Å²) in [6.07, 6.45) is -4.76. The molecule has 1 nitrogen and oxygen atoms in total. The molecule has 0 amide bonds. The number of alkyl halides is 3. The lowest BCUT2D eigenvalue weighted by molar-refractivity contribution is -0.137. The molecule has 0 fully saturated rings. The zero-order valence-electron chi connectivity index (χ0n) is 7.65. The number of thiol groups is 1. The van der Waals surface area contributed by atoms with E-state index in [4.69, 9.17) is 5.73 Å². The average molecular weight is 255 g/mol. The first-order valence-electron chi connectivity index (χ1n) is 3.94. The van der Waals surface area contributed by atoms with E-state index >= 15 is 0 Å². The molecule has 0 bridgehead atoms. The monoisotopic (exact) mass is 255 g/mol. The van der Waals surface area contributed by atoms with Gasteiger partial charge < -0.3 is 5.73 Å². The van der Waals surface area contributed by atoms with Crippen LogP contribution in [0, 0.1) is 11.6 Å². The molecule has 1 aromatic carbocycles. The van der Waals surface area contributed by atoms with Gasteiger partial charge in [0.2, 0.25) is 0 Å². The van der Waals surface area contributed by atoms with Gasteiger partial charge in [-0.25, -0.2) is 8.78 Å². The Morgan fingerprint density at radius 3 is 2.25 bits per heavy atom. The van der Waals surface area contributed by atoms with Gasteiger partial charge in [-0.15, -0.1) is 12.6 Å². The molecular weight excluding hydrogens is 249 g/mol. The molecule has 1 aromatic rings. The molecule has 0 aromatic heterocycles. The van der Waals surface area contributed by atoms with E-state index in [1.165, 1.54) is 0 Å². The SMILES string of the molecule is N/C(=C\S)c1cc(C(F)(F)F)cc(F)c1F. The van der Waals surface area contributed by atoms with Crippen LogP contribution >= 0.6 is 12.6 Å². The molecule has 1 rings (SSSR count). The van der Waals surface area contributed by atoms with Gasteiger partial charge in [0.1, 0.15) is 0 Å². The molecule has 2 N–H and O–H groups in total. The van der Waals surface area contributed by atoms with Gasteiger partial charge >= 0.3 is 6.18 Å². The Bertz CT molecular complexity index is 438. The summed E-state index contributed by atoms with van der Waals surface area (Å²) in [6.45, 7) is 0. The normalized spacial score (nSPS) is 13.0. The average Bonchev–Trinajstić information content (AvgIpc) is 2.19. The first kappa shape index (κ1) is 12.8. The lowest BCUT2D eigenvalue weighted by Gasteiger charge is -2.10. The second kappa shape index (κ2) is 4.32. The quantitative estimate of drug-likeness (QED) is 0.585. The molecule has 0 atom stereocenters. The van der Waals surface area contributed by atoms with Crippen LogP contribution in [0.25, 0.3) is 5.70 Å². The highest BCUT2D eigenvalue weighted by molar-refractivity contribution is 7.83. The molecule has 0 radical (unpaired) electrons. The summed E-state index contributed by atoms with van der Waals surface area (Å²) in [5.74, 6) is -3.04. The highest BCUT2D eigenvalue weighted by Crippen LogP contribution is 2.32. The molecule has 88 valence electrons. The second-order valence-electron chi connectivity index (χ2n) is 2.90. The summed E-state index contributed by atoms with van der Waals surface area (Å²) in [5, 5.41) is 0.887. The third-order valence-electron chi connectivity index (χ3n) is 1.81. The van der Waals surface area contributed by atoms with Crippen LogP contribution in [0.3, 0.4) is 0 Å². The van der Waals surface area contributed by atoms with Crippen molar-refractivity contribution in [3.8, 4) is 0 Å². The third-order valence-corrected chi connectivity index (χ3v) is 2.08. The maximum absolute atomic E-state index is 13.1. The van der Waals surface area contributed by atoms with Crippen LogP contribution < -0.4 is 5.73 Å². The molecule has 0 unspecified atom stereocenters. The topological polar surface area (TPSA) is 26.0 Å². The number of hydrogen-bond donors (Lipinski definition) is 2. The van der Waals surface area contributed by atoms with Crippen LogP contribution in [0.5, 0.6) is 0 Å². The molecule has 0 aliphatic heterocycles. The number of nitrogens with two attached hydrogens (primary N) is 1. The molecule has 0 aliphatic carbocycles. The van der Waals surface area contributed by atoms with E-state index < -0.39 is 28.9 Å². The van der Waals surface area contributed by atoms with Crippen molar-refractivity contribution in [1.82, 2.24) is 0 Å². The first-order valence-corrected chi connectivity index (χ1v) is 4.45. The van der Waals surface area contributed by atoms with Gasteiger partial charge in [-0.1, -0.05) is 0 Å². The Morgan fingerprint density at radius 1 is 1.25 bits per heavy atom. The second-order valence-corrected chi connectivity index (χ2v) is 3.16. The zero-order valence-corrected chi connectivity index (χ0v) is 8.54. The van der Waals surface area contributed by atoms with E-state index in [9.17, 15) is 22.0 Å². The summed E-state index contributed by atoms with van der Waals surface area (Å²) in [6, 6.07) is 0.505. The minimum Gasteiger partial charge on any atom is -0.398 e. The Balaban J connectivity index is 3.45. The van der Waals surface area contributed by atoms with E-state index in [0.29, 0.717) is 6.07 Å². The minimum atomic E-state index is -4.76. The number of rotatable bonds is 1. The Morgan fingerprint density at radius 2 is 1.81 bits per heavy atom. The van der Waals surface area contributed by atoms with Crippen LogP contribution in [0.15, 0.2) is 17.5 Å². The number of benzene rings is 1. The third kappa shape index (κ3) is 2.46. The Hall–Kier alpha value is -1.24. The Kier molecular flexibility index (Phi) is 3.47. The van der Waals surface area contributed by atoms with Gasteiger partial charge in [0.05, 0.1) is 5.56 Å². The number of halogens is 5. The molecule has 7 heteroatoms. The highest BCUT2D eigenvalue weighted by Gasteiger charge is 2.32. The fourth-order valence-electron chi connectivity index (χ4n) is 1.03. The van der Waals surface area contributed by atoms with Gasteiger partial charge in [0, 0.05) is 11.3 Å². The van der Waals surface area contributed by atoms with Gasteiger partial charge in [-0.05, 0) is 17.5 Å². The smallest absolute Gasteiger partial charge is 0.398 e. The molecule has 0 aliphatic rings. The maximum Gasteiger partial charge on any atom is 0.416 e. The van der Waals surface area contributed by atoms with Crippen LogP contribution in [0.1, 0.15) is 11.1 Å². The van der Waals surface area contributed by atoms with Crippen LogP contribution in [-0.4, -0.2) is 0 Å². The van der Waals surface area contributed by atoms with E-state index in [1.54, 1.807) is 0 Å². The molecule has 0 saturated carbocycles. The number of hydrogen-bond acceptors (Lipinski definition) is 2. The van der Waals surface area contributed by atoms with Gasteiger partial charge in [-0.3, -0.25) is 0 Å². The molecule has 0 spiro atoms. The highest BCUT2D eigenvalue weighted by atomic mass is 32.1. The summed E-state index contributed by atoms with van der Waals surface area (Å²) < 4.78 is 62.8. The molecule has 0 saturated heterocycles. The summed E-state index contributed by atoms with van der Waals surface area (Å²) in [4.78, 5) is 0. The van der Waals surface area contributed by atoms with Crippen LogP contribution in [0.4, 0.5) is 22.0 Å². The van der Waals surface area contributed by atoms with E-state index in [0.717, 1.165) is 5.41 Å². The molecule has 16 heavy (non-hydrogen) atoms. The largest absolute Gasteiger partial charge is 0.416 e. The van der Waals surface area contributed by atoms with E-state index in [2.05, 4.69) is 12.6 Å². The van der Waals surface area contributed by atoms with Crippen molar-refractivity contribution >= 4 is 18.3 Å². The molecule has 0 heterocycles. The fourth-order valence-corrected chi connectivity index (χ4v) is 1.17. The standard InChI is InChI=1S/C9H6F5NS/c10-6-2-4(9(12,13)14)1-5(8(6)11)7(15)3-16/h1-3,16H,15H2/b7-3-. The summed E-state index contributed by atoms with van der Waals surface area (Å²) >= 11 is 3.56. The van der Waals surface area contributed by atoms with Crippen molar-refractivity contribution < 1.29 is 22.0 Å². The maximum atomic E-state index is 13.1. The predicted molar refractivity (Wildman–Crippen MR) is 52.5 cm³/mol. The van der Waals surface area contributed by atoms with Crippen molar-refractivity contribution in [1.29, 1.82) is 0 Å². The van der Waals surface area contributed by atoms with E-state index in [-0.39, 0.29) is 11.8 Å². The van der Waals surface area contributed by atoms with Crippen LogP contribution in [0.2, 0.25) is 0 Å². The molecular formula is C9H6F5NS. The lowest BCUT2D eigenvalue weighted by atomic mass is 10.1. The lowest BCUT2D eigenvalue weighted by Crippen LogP contribution is -2.09. The van der Waals surface area contributed by atoms with Crippen molar-refractivity contribution in [2.45, 2.75) is 6.18 Å².